The van der Waals surface area contributed by atoms with Crippen LogP contribution in [0.2, 0.25) is 0 Å². The average Bonchev–Trinajstić information content (AvgIpc) is 2.83. The van der Waals surface area contributed by atoms with Crippen molar-refractivity contribution in [3.8, 4) is 5.75 Å². The van der Waals surface area contributed by atoms with Gasteiger partial charge in [-0.25, -0.2) is 4.39 Å². The number of ether oxygens (including phenoxy) is 2. The molecule has 0 radical (unpaired) electrons. The van der Waals surface area contributed by atoms with Crippen LogP contribution in [-0.2, 0) is 9.53 Å². The number of carbonyl (C=O) groups is 3. The number of rotatable bonds is 3. The number of methoxy groups -OCH3 is 1. The van der Waals surface area contributed by atoms with Crippen LogP contribution in [0.3, 0.4) is 0 Å². The van der Waals surface area contributed by atoms with Crippen LogP contribution >= 0.6 is 0 Å². The predicted octanol–water partition coefficient (Wildman–Crippen LogP) is 3.43. The van der Waals surface area contributed by atoms with Gasteiger partial charge in [0.1, 0.15) is 18.2 Å². The van der Waals surface area contributed by atoms with E-state index in [1.54, 1.807) is 42.2 Å². The van der Waals surface area contributed by atoms with Crippen molar-refractivity contribution in [3.05, 3.63) is 59.4 Å². The molecule has 188 valence electrons. The van der Waals surface area contributed by atoms with Gasteiger partial charge in [0.05, 0.1) is 17.7 Å². The predicted molar refractivity (Wildman–Crippen MR) is 130 cm³/mol. The van der Waals surface area contributed by atoms with Gasteiger partial charge in [-0.1, -0.05) is 6.92 Å². The van der Waals surface area contributed by atoms with Crippen molar-refractivity contribution in [1.29, 1.82) is 0 Å². The first kappa shape index (κ1) is 26.2. The van der Waals surface area contributed by atoms with Crippen molar-refractivity contribution in [2.24, 2.45) is 5.92 Å². The molecule has 0 unspecified atom stereocenters. The van der Waals surface area contributed by atoms with E-state index in [1.807, 2.05) is 13.8 Å². The first-order valence-corrected chi connectivity index (χ1v) is 11.5. The number of carbonyl (C=O) groups excluding carboxylic acids is 3. The topological polar surface area (TPSA) is 88.2 Å². The minimum atomic E-state index is -0.414. The smallest absolute Gasteiger partial charge is 0.257 e. The van der Waals surface area contributed by atoms with Crippen LogP contribution in [0, 0.1) is 11.7 Å². The van der Waals surface area contributed by atoms with E-state index in [9.17, 15) is 18.8 Å². The standard InChI is InChI=1S/C26H32FN3O5/c1-16-13-30(25(32)19-6-8-20(27)9-7-19)17(2)15-35-23-11-10-21(28-18(3)31)12-22(23)26(33)29(4)14-24(16)34-5/h6-12,16-17,24H,13-15H2,1-5H3,(H,28,31)/t16-,17+,24+/m0/s1. The summed E-state index contributed by atoms with van der Waals surface area (Å²) in [6.45, 7) is 5.98. The fourth-order valence-corrected chi connectivity index (χ4v) is 4.10. The number of nitrogens with one attached hydrogen (secondary N) is 1. The van der Waals surface area contributed by atoms with Crippen LogP contribution < -0.4 is 10.1 Å². The maximum absolute atomic E-state index is 13.4. The first-order valence-electron chi connectivity index (χ1n) is 11.5. The van der Waals surface area contributed by atoms with Crippen LogP contribution in [0.1, 0.15) is 41.5 Å². The van der Waals surface area contributed by atoms with E-state index in [4.69, 9.17) is 9.47 Å². The summed E-state index contributed by atoms with van der Waals surface area (Å²) in [7, 11) is 3.25. The minimum Gasteiger partial charge on any atom is -0.491 e. The van der Waals surface area contributed by atoms with Gasteiger partial charge >= 0.3 is 0 Å². The second kappa shape index (κ2) is 11.3. The Balaban J connectivity index is 1.99. The molecule has 1 aliphatic rings. The number of hydrogen-bond donors (Lipinski definition) is 1. The first-order chi connectivity index (χ1) is 16.6. The molecular formula is C26H32FN3O5. The van der Waals surface area contributed by atoms with E-state index in [1.165, 1.54) is 31.2 Å². The van der Waals surface area contributed by atoms with Gasteiger partial charge in [-0.15, -0.1) is 0 Å². The van der Waals surface area contributed by atoms with Crippen molar-refractivity contribution >= 4 is 23.4 Å². The van der Waals surface area contributed by atoms with Crippen LogP contribution in [0.5, 0.6) is 5.75 Å². The van der Waals surface area contributed by atoms with Gasteiger partial charge in [-0.3, -0.25) is 14.4 Å². The van der Waals surface area contributed by atoms with E-state index in [2.05, 4.69) is 5.32 Å². The van der Waals surface area contributed by atoms with Gasteiger partial charge in [0, 0.05) is 51.3 Å². The summed E-state index contributed by atoms with van der Waals surface area (Å²) < 4.78 is 25.2. The van der Waals surface area contributed by atoms with Crippen LogP contribution in [-0.4, -0.2) is 73.5 Å². The lowest BCUT2D eigenvalue weighted by atomic mass is 10.0. The van der Waals surface area contributed by atoms with Crippen molar-refractivity contribution in [2.75, 3.05) is 39.2 Å². The third-order valence-electron chi connectivity index (χ3n) is 6.12. The van der Waals surface area contributed by atoms with Crippen molar-refractivity contribution in [2.45, 2.75) is 32.9 Å². The van der Waals surface area contributed by atoms with E-state index >= 15 is 0 Å². The molecule has 3 rings (SSSR count). The number of nitrogens with zero attached hydrogens (tertiary/aromatic N) is 2. The fraction of sp³-hybridized carbons (Fsp3) is 0.423. The molecule has 9 heteroatoms. The highest BCUT2D eigenvalue weighted by molar-refractivity contribution is 5.99. The molecule has 2 aromatic carbocycles. The molecule has 0 saturated heterocycles. The summed E-state index contributed by atoms with van der Waals surface area (Å²) in [6, 6.07) is 9.96. The average molecular weight is 486 g/mol. The second-order valence-corrected chi connectivity index (χ2v) is 8.95. The summed E-state index contributed by atoms with van der Waals surface area (Å²) in [5, 5.41) is 2.69. The number of amides is 3. The maximum Gasteiger partial charge on any atom is 0.257 e. The lowest BCUT2D eigenvalue weighted by Gasteiger charge is -2.36. The normalized spacial score (nSPS) is 21.3. The Morgan fingerprint density at radius 2 is 1.80 bits per heavy atom. The molecule has 2 aromatic rings. The molecule has 0 aromatic heterocycles. The molecule has 0 aliphatic carbocycles. The molecule has 35 heavy (non-hydrogen) atoms. The Labute approximate surface area is 205 Å². The van der Waals surface area contributed by atoms with Crippen LogP contribution in [0.25, 0.3) is 0 Å². The van der Waals surface area contributed by atoms with Crippen LogP contribution in [0.15, 0.2) is 42.5 Å². The molecule has 1 N–H and O–H groups in total. The molecular weight excluding hydrogens is 453 g/mol. The quantitative estimate of drug-likeness (QED) is 0.720. The number of hydrogen-bond acceptors (Lipinski definition) is 5. The summed E-state index contributed by atoms with van der Waals surface area (Å²) in [6.07, 6.45) is -0.345. The van der Waals surface area contributed by atoms with Crippen molar-refractivity contribution in [3.63, 3.8) is 0 Å². The molecule has 3 amide bonds. The largest absolute Gasteiger partial charge is 0.491 e. The molecule has 1 heterocycles. The molecule has 0 fully saturated rings. The van der Waals surface area contributed by atoms with Gasteiger partial charge in [0.15, 0.2) is 0 Å². The molecule has 0 bridgehead atoms. The molecule has 1 aliphatic heterocycles. The van der Waals surface area contributed by atoms with E-state index in [0.717, 1.165) is 0 Å². The highest BCUT2D eigenvalue weighted by Gasteiger charge is 2.31. The lowest BCUT2D eigenvalue weighted by Crippen LogP contribution is -2.48. The monoisotopic (exact) mass is 485 g/mol. The highest BCUT2D eigenvalue weighted by atomic mass is 19.1. The summed E-state index contributed by atoms with van der Waals surface area (Å²) in [5.74, 6) is -0.954. The Morgan fingerprint density at radius 3 is 2.43 bits per heavy atom. The minimum absolute atomic E-state index is 0.119. The van der Waals surface area contributed by atoms with E-state index in [-0.39, 0.29) is 48.9 Å². The Morgan fingerprint density at radius 1 is 1.11 bits per heavy atom. The molecule has 0 saturated carbocycles. The Bertz CT molecular complexity index is 1080. The number of anilines is 1. The van der Waals surface area contributed by atoms with Gasteiger partial charge in [-0.05, 0) is 49.4 Å². The van der Waals surface area contributed by atoms with Gasteiger partial charge in [0.2, 0.25) is 5.91 Å². The Kier molecular flexibility index (Phi) is 8.45. The zero-order valence-electron chi connectivity index (χ0n) is 20.7. The zero-order valence-corrected chi connectivity index (χ0v) is 20.7. The van der Waals surface area contributed by atoms with Gasteiger partial charge < -0.3 is 24.6 Å². The third kappa shape index (κ3) is 6.36. The van der Waals surface area contributed by atoms with Gasteiger partial charge in [0.25, 0.3) is 11.8 Å². The van der Waals surface area contributed by atoms with E-state index < -0.39 is 5.82 Å². The van der Waals surface area contributed by atoms with Crippen molar-refractivity contribution in [1.82, 2.24) is 9.80 Å². The van der Waals surface area contributed by atoms with Gasteiger partial charge in [-0.2, -0.15) is 0 Å². The number of likely N-dealkylation sites (N-methyl/N-ethyl adjacent to an activating group) is 1. The lowest BCUT2D eigenvalue weighted by molar-refractivity contribution is -0.114. The number of halogens is 1. The Hall–Kier alpha value is -3.46. The summed E-state index contributed by atoms with van der Waals surface area (Å²) in [5.41, 5.74) is 1.15. The SMILES string of the molecule is CO[C@@H]1CN(C)C(=O)c2cc(NC(C)=O)ccc2OC[C@@H](C)N(C(=O)c2ccc(F)cc2)C[C@@H]1C. The highest BCUT2D eigenvalue weighted by Crippen LogP contribution is 2.27. The number of benzene rings is 2. The molecule has 8 nitrogen and oxygen atoms in total. The van der Waals surface area contributed by atoms with Crippen molar-refractivity contribution < 1.29 is 28.2 Å². The second-order valence-electron chi connectivity index (χ2n) is 8.95. The van der Waals surface area contributed by atoms with E-state index in [0.29, 0.717) is 29.1 Å². The number of fused-ring (bicyclic) bond motifs is 1. The third-order valence-corrected chi connectivity index (χ3v) is 6.12. The van der Waals surface area contributed by atoms with Crippen LogP contribution in [0.4, 0.5) is 10.1 Å². The molecule has 3 atom stereocenters. The summed E-state index contributed by atoms with van der Waals surface area (Å²) in [4.78, 5) is 41.5. The summed E-state index contributed by atoms with van der Waals surface area (Å²) >= 11 is 0. The molecule has 0 spiro atoms. The fourth-order valence-electron chi connectivity index (χ4n) is 4.10. The zero-order chi connectivity index (χ0) is 25.7. The maximum atomic E-state index is 13.4.